The number of esters is 1. The van der Waals surface area contributed by atoms with Crippen molar-refractivity contribution in [2.45, 2.75) is 4.90 Å². The van der Waals surface area contributed by atoms with Gasteiger partial charge in [0.2, 0.25) is 10.0 Å². The smallest absolute Gasteiger partial charge is 0.338 e. The van der Waals surface area contributed by atoms with Crippen LogP contribution in [0.15, 0.2) is 53.4 Å². The Morgan fingerprint density at radius 2 is 1.83 bits per heavy atom. The van der Waals surface area contributed by atoms with E-state index in [9.17, 15) is 18.0 Å². The number of benzene rings is 2. The molecule has 0 radical (unpaired) electrons. The Balaban J connectivity index is 1.62. The Morgan fingerprint density at radius 3 is 2.55 bits per heavy atom. The number of morpholine rings is 1. The van der Waals surface area contributed by atoms with Crippen molar-refractivity contribution in [3.05, 3.63) is 59.1 Å². The van der Waals surface area contributed by atoms with Crippen molar-refractivity contribution < 1.29 is 27.5 Å². The summed E-state index contributed by atoms with van der Waals surface area (Å²) >= 11 is 5.85. The van der Waals surface area contributed by atoms with Crippen LogP contribution in [0.5, 0.6) is 0 Å². The molecule has 2 aromatic rings. The van der Waals surface area contributed by atoms with Crippen molar-refractivity contribution in [3.8, 4) is 0 Å². The molecule has 1 heterocycles. The van der Waals surface area contributed by atoms with E-state index in [0.29, 0.717) is 23.9 Å². The number of carbonyl (C=O) groups excluding carboxylic acids is 2. The first-order valence-corrected chi connectivity index (χ1v) is 10.6. The van der Waals surface area contributed by atoms with Crippen LogP contribution in [-0.4, -0.2) is 57.5 Å². The van der Waals surface area contributed by atoms with Crippen molar-refractivity contribution in [1.29, 1.82) is 0 Å². The van der Waals surface area contributed by atoms with Gasteiger partial charge in [-0.1, -0.05) is 23.7 Å². The van der Waals surface area contributed by atoms with E-state index in [1.165, 1.54) is 28.6 Å². The summed E-state index contributed by atoms with van der Waals surface area (Å²) in [7, 11) is -3.74. The largest absolute Gasteiger partial charge is 0.452 e. The van der Waals surface area contributed by atoms with Gasteiger partial charge >= 0.3 is 5.97 Å². The molecule has 1 aliphatic heterocycles. The minimum absolute atomic E-state index is 0.0165. The number of rotatable bonds is 6. The summed E-state index contributed by atoms with van der Waals surface area (Å²) in [5.41, 5.74) is 0.507. The van der Waals surface area contributed by atoms with Crippen LogP contribution in [0.4, 0.5) is 5.69 Å². The highest BCUT2D eigenvalue weighted by Gasteiger charge is 2.27. The first-order chi connectivity index (χ1) is 13.9. The van der Waals surface area contributed by atoms with E-state index in [2.05, 4.69) is 5.32 Å². The SMILES string of the molecule is O=C(COC(=O)c1cccc(S(=O)(=O)N2CCOCC2)c1)Nc1cccc(Cl)c1. The monoisotopic (exact) mass is 438 g/mol. The van der Waals surface area contributed by atoms with E-state index in [1.807, 2.05) is 0 Å². The van der Waals surface area contributed by atoms with Crippen LogP contribution in [0.2, 0.25) is 5.02 Å². The number of nitrogens with one attached hydrogen (secondary N) is 1. The van der Waals surface area contributed by atoms with Gasteiger partial charge < -0.3 is 14.8 Å². The van der Waals surface area contributed by atoms with Crippen LogP contribution < -0.4 is 5.32 Å². The molecule has 2 aromatic carbocycles. The minimum Gasteiger partial charge on any atom is -0.452 e. The highest BCUT2D eigenvalue weighted by Crippen LogP contribution is 2.19. The summed E-state index contributed by atoms with van der Waals surface area (Å²) in [5, 5.41) is 3.01. The fourth-order valence-electron chi connectivity index (χ4n) is 2.70. The number of halogens is 1. The van der Waals surface area contributed by atoms with Gasteiger partial charge in [0.25, 0.3) is 5.91 Å². The lowest BCUT2D eigenvalue weighted by atomic mass is 10.2. The zero-order valence-electron chi connectivity index (χ0n) is 15.3. The summed E-state index contributed by atoms with van der Waals surface area (Å²) in [6.07, 6.45) is 0. The van der Waals surface area contributed by atoms with Crippen LogP contribution in [0.3, 0.4) is 0 Å². The molecular weight excluding hydrogens is 420 g/mol. The number of nitrogens with zero attached hydrogens (tertiary/aromatic N) is 1. The fourth-order valence-corrected chi connectivity index (χ4v) is 4.34. The molecule has 0 bridgehead atoms. The third kappa shape index (κ3) is 5.54. The Kier molecular flexibility index (Phi) is 6.86. The molecule has 1 aliphatic rings. The summed E-state index contributed by atoms with van der Waals surface area (Å²) in [5.74, 6) is -1.34. The number of sulfonamides is 1. The van der Waals surface area contributed by atoms with Crippen LogP contribution in [0, 0.1) is 0 Å². The molecule has 10 heteroatoms. The Hall–Kier alpha value is -2.46. The average molecular weight is 439 g/mol. The maximum absolute atomic E-state index is 12.7. The quantitative estimate of drug-likeness (QED) is 0.693. The van der Waals surface area contributed by atoms with Gasteiger partial charge in [-0.25, -0.2) is 13.2 Å². The predicted molar refractivity (Wildman–Crippen MR) is 106 cm³/mol. The van der Waals surface area contributed by atoms with E-state index in [-0.39, 0.29) is 23.5 Å². The molecular formula is C19H19ClN2O6S. The minimum atomic E-state index is -3.74. The van der Waals surface area contributed by atoms with E-state index < -0.39 is 28.5 Å². The first-order valence-electron chi connectivity index (χ1n) is 8.77. The van der Waals surface area contributed by atoms with Crippen molar-refractivity contribution in [1.82, 2.24) is 4.31 Å². The van der Waals surface area contributed by atoms with Gasteiger partial charge in [-0.2, -0.15) is 4.31 Å². The number of hydrogen-bond donors (Lipinski definition) is 1. The van der Waals surface area contributed by atoms with Crippen LogP contribution in [0.25, 0.3) is 0 Å². The Bertz CT molecular complexity index is 1010. The lowest BCUT2D eigenvalue weighted by Gasteiger charge is -2.26. The Morgan fingerprint density at radius 1 is 1.10 bits per heavy atom. The molecule has 1 fully saturated rings. The standard InChI is InChI=1S/C19H19ClN2O6S/c20-15-4-2-5-16(12-15)21-18(23)13-28-19(24)14-3-1-6-17(11-14)29(25,26)22-7-9-27-10-8-22/h1-6,11-12H,7-10,13H2,(H,21,23). The molecule has 8 nitrogen and oxygen atoms in total. The maximum atomic E-state index is 12.7. The fraction of sp³-hybridized carbons (Fsp3) is 0.263. The zero-order valence-corrected chi connectivity index (χ0v) is 16.9. The van der Waals surface area contributed by atoms with Gasteiger partial charge in [0, 0.05) is 23.8 Å². The molecule has 0 saturated carbocycles. The van der Waals surface area contributed by atoms with Gasteiger partial charge in [0.05, 0.1) is 23.7 Å². The van der Waals surface area contributed by atoms with E-state index in [4.69, 9.17) is 21.1 Å². The molecule has 1 amide bonds. The molecule has 0 spiro atoms. The van der Waals surface area contributed by atoms with E-state index >= 15 is 0 Å². The maximum Gasteiger partial charge on any atom is 0.338 e. The van der Waals surface area contributed by atoms with Gasteiger partial charge in [0.15, 0.2) is 6.61 Å². The highest BCUT2D eigenvalue weighted by molar-refractivity contribution is 7.89. The summed E-state index contributed by atoms with van der Waals surface area (Å²) < 4.78 is 36.9. The first kappa shape index (κ1) is 21.3. The van der Waals surface area contributed by atoms with Crippen LogP contribution >= 0.6 is 11.6 Å². The molecule has 154 valence electrons. The number of carbonyl (C=O) groups is 2. The second kappa shape index (κ2) is 9.36. The van der Waals surface area contributed by atoms with Crippen molar-refractivity contribution >= 4 is 39.2 Å². The third-order valence-electron chi connectivity index (χ3n) is 4.12. The molecule has 0 aliphatic carbocycles. The predicted octanol–water partition coefficient (Wildman–Crippen LogP) is 2.16. The molecule has 29 heavy (non-hydrogen) atoms. The van der Waals surface area contributed by atoms with Crippen molar-refractivity contribution in [2.24, 2.45) is 0 Å². The molecule has 1 saturated heterocycles. The number of ether oxygens (including phenoxy) is 2. The second-order valence-corrected chi connectivity index (χ2v) is 8.55. The van der Waals surface area contributed by atoms with Gasteiger partial charge in [0.1, 0.15) is 0 Å². The second-order valence-electron chi connectivity index (χ2n) is 6.18. The lowest BCUT2D eigenvalue weighted by Crippen LogP contribution is -2.40. The number of hydrogen-bond acceptors (Lipinski definition) is 6. The summed E-state index contributed by atoms with van der Waals surface area (Å²) in [6, 6.07) is 12.1. The molecule has 3 rings (SSSR count). The molecule has 1 N–H and O–H groups in total. The third-order valence-corrected chi connectivity index (χ3v) is 6.25. The van der Waals surface area contributed by atoms with E-state index in [0.717, 1.165) is 0 Å². The van der Waals surface area contributed by atoms with Gasteiger partial charge in [-0.15, -0.1) is 0 Å². The van der Waals surface area contributed by atoms with Crippen molar-refractivity contribution in [3.63, 3.8) is 0 Å². The zero-order chi connectivity index (χ0) is 20.9. The molecule has 0 atom stereocenters. The topological polar surface area (TPSA) is 102 Å². The number of amides is 1. The van der Waals surface area contributed by atoms with Gasteiger partial charge in [-0.05, 0) is 36.4 Å². The average Bonchev–Trinajstić information content (AvgIpc) is 2.73. The lowest BCUT2D eigenvalue weighted by molar-refractivity contribution is -0.119. The normalized spacial score (nSPS) is 14.9. The van der Waals surface area contributed by atoms with Gasteiger partial charge in [-0.3, -0.25) is 4.79 Å². The van der Waals surface area contributed by atoms with Crippen LogP contribution in [0.1, 0.15) is 10.4 Å². The molecule has 0 aromatic heterocycles. The van der Waals surface area contributed by atoms with Crippen LogP contribution in [-0.2, 0) is 24.3 Å². The van der Waals surface area contributed by atoms with Crippen molar-refractivity contribution in [2.75, 3.05) is 38.2 Å². The Labute approximate surface area is 173 Å². The molecule has 0 unspecified atom stereocenters. The van der Waals surface area contributed by atoms with E-state index in [1.54, 1.807) is 24.3 Å². The highest BCUT2D eigenvalue weighted by atomic mass is 35.5. The summed E-state index contributed by atoms with van der Waals surface area (Å²) in [6.45, 7) is 0.624. The summed E-state index contributed by atoms with van der Waals surface area (Å²) in [4.78, 5) is 24.2. The number of anilines is 1.